The molecule has 1 aromatic carbocycles. The molecule has 0 amide bonds. The highest BCUT2D eigenvalue weighted by Gasteiger charge is 2.20. The van der Waals surface area contributed by atoms with Gasteiger partial charge >= 0.3 is 0 Å². The quantitative estimate of drug-likeness (QED) is 0.692. The summed E-state index contributed by atoms with van der Waals surface area (Å²) in [7, 11) is 0. The minimum Gasteiger partial charge on any atom is -0.281 e. The van der Waals surface area contributed by atoms with E-state index in [-0.39, 0.29) is 11.2 Å². The van der Waals surface area contributed by atoms with Gasteiger partial charge in [-0.15, -0.1) is 0 Å². The van der Waals surface area contributed by atoms with Gasteiger partial charge in [0.15, 0.2) is 0 Å². The number of halogens is 2. The lowest BCUT2D eigenvalue weighted by Crippen LogP contribution is -2.07. The molecule has 0 N–H and O–H groups in total. The maximum atomic E-state index is 11.2. The summed E-state index contributed by atoms with van der Waals surface area (Å²) >= 11 is 11.9. The third-order valence-electron chi connectivity index (χ3n) is 3.91. The first-order valence-corrected chi connectivity index (χ1v) is 7.34. The summed E-state index contributed by atoms with van der Waals surface area (Å²) < 4.78 is 0. The van der Waals surface area contributed by atoms with Crippen LogP contribution in [0.5, 0.6) is 0 Å². The average molecular weight is 285 g/mol. The van der Waals surface area contributed by atoms with E-state index in [1.807, 2.05) is 12.1 Å². The van der Waals surface area contributed by atoms with Crippen molar-refractivity contribution in [2.75, 3.05) is 0 Å². The predicted molar refractivity (Wildman–Crippen MR) is 76.6 cm³/mol. The Morgan fingerprint density at radius 2 is 1.94 bits per heavy atom. The van der Waals surface area contributed by atoms with E-state index in [0.717, 1.165) is 10.6 Å². The van der Waals surface area contributed by atoms with Crippen LogP contribution in [0, 0.1) is 0 Å². The van der Waals surface area contributed by atoms with Crippen molar-refractivity contribution in [2.24, 2.45) is 0 Å². The van der Waals surface area contributed by atoms with E-state index in [9.17, 15) is 4.79 Å². The van der Waals surface area contributed by atoms with Crippen LogP contribution in [0.15, 0.2) is 18.2 Å². The summed E-state index contributed by atoms with van der Waals surface area (Å²) in [5.74, 6) is 0.298. The van der Waals surface area contributed by atoms with Crippen molar-refractivity contribution in [3.8, 4) is 0 Å². The van der Waals surface area contributed by atoms with E-state index in [2.05, 4.69) is 6.07 Å². The van der Waals surface area contributed by atoms with Crippen LogP contribution in [-0.2, 0) is 4.79 Å². The molecule has 0 aliphatic heterocycles. The molecule has 1 aromatic rings. The lowest BCUT2D eigenvalue weighted by molar-refractivity contribution is -0.112. The topological polar surface area (TPSA) is 17.1 Å². The fraction of sp³-hybridized carbons (Fsp3) is 0.533. The van der Waals surface area contributed by atoms with Gasteiger partial charge in [-0.1, -0.05) is 49.9 Å². The number of hydrogen-bond donors (Lipinski definition) is 0. The fourth-order valence-corrected chi connectivity index (χ4v) is 3.16. The van der Waals surface area contributed by atoms with E-state index in [0.29, 0.717) is 5.92 Å². The first-order chi connectivity index (χ1) is 8.59. The lowest BCUT2D eigenvalue weighted by Gasteiger charge is -2.23. The maximum absolute atomic E-state index is 11.2. The van der Waals surface area contributed by atoms with Gasteiger partial charge in [0.1, 0.15) is 0 Å². The minimum atomic E-state index is -0.337. The van der Waals surface area contributed by atoms with E-state index >= 15 is 0 Å². The second kappa shape index (κ2) is 6.08. The van der Waals surface area contributed by atoms with Crippen molar-refractivity contribution in [3.05, 3.63) is 34.3 Å². The SMILES string of the molecule is CC(C(=O)Cl)c1ccc(C2CCCCC2)c(Cl)c1. The minimum absolute atomic E-state index is 0.287. The molecule has 0 saturated heterocycles. The number of rotatable bonds is 3. The van der Waals surface area contributed by atoms with E-state index in [1.165, 1.54) is 37.7 Å². The van der Waals surface area contributed by atoms with Crippen LogP contribution in [0.25, 0.3) is 0 Å². The molecule has 1 atom stereocenters. The van der Waals surface area contributed by atoms with Crippen molar-refractivity contribution in [1.82, 2.24) is 0 Å². The van der Waals surface area contributed by atoms with E-state index < -0.39 is 0 Å². The lowest BCUT2D eigenvalue weighted by atomic mass is 9.83. The zero-order chi connectivity index (χ0) is 13.1. The van der Waals surface area contributed by atoms with Gasteiger partial charge in [-0.3, -0.25) is 4.79 Å². The Labute approximate surface area is 118 Å². The highest BCUT2D eigenvalue weighted by molar-refractivity contribution is 6.64. The molecule has 1 saturated carbocycles. The van der Waals surface area contributed by atoms with Crippen molar-refractivity contribution >= 4 is 28.4 Å². The largest absolute Gasteiger partial charge is 0.281 e. The molecule has 1 unspecified atom stereocenters. The predicted octanol–water partition coefficient (Wildman–Crippen LogP) is 5.26. The summed E-state index contributed by atoms with van der Waals surface area (Å²) in [5, 5.41) is 0.445. The van der Waals surface area contributed by atoms with Crippen LogP contribution < -0.4 is 0 Å². The monoisotopic (exact) mass is 284 g/mol. The Morgan fingerprint density at radius 3 is 2.50 bits per heavy atom. The molecular formula is C15H18Cl2O. The van der Waals surface area contributed by atoms with Crippen molar-refractivity contribution in [2.45, 2.75) is 50.9 Å². The van der Waals surface area contributed by atoms with Gasteiger partial charge in [-0.05, 0) is 47.6 Å². The summed E-state index contributed by atoms with van der Waals surface area (Å²) in [6, 6.07) is 5.96. The average Bonchev–Trinajstić information content (AvgIpc) is 2.38. The summed E-state index contributed by atoms with van der Waals surface area (Å²) in [6.07, 6.45) is 6.37. The first-order valence-electron chi connectivity index (χ1n) is 6.58. The first kappa shape index (κ1) is 13.9. The van der Waals surface area contributed by atoms with Gasteiger partial charge in [0.25, 0.3) is 0 Å². The highest BCUT2D eigenvalue weighted by Crippen LogP contribution is 2.37. The van der Waals surface area contributed by atoms with Gasteiger partial charge in [0.2, 0.25) is 5.24 Å². The van der Waals surface area contributed by atoms with E-state index in [1.54, 1.807) is 6.92 Å². The molecule has 0 bridgehead atoms. The summed E-state index contributed by atoms with van der Waals surface area (Å²) in [4.78, 5) is 11.2. The summed E-state index contributed by atoms with van der Waals surface area (Å²) in [5.41, 5.74) is 2.13. The van der Waals surface area contributed by atoms with Gasteiger partial charge in [-0.2, -0.15) is 0 Å². The molecule has 1 fully saturated rings. The van der Waals surface area contributed by atoms with Crippen molar-refractivity contribution in [1.29, 1.82) is 0 Å². The highest BCUT2D eigenvalue weighted by atomic mass is 35.5. The Hall–Kier alpha value is -0.530. The van der Waals surface area contributed by atoms with Gasteiger partial charge in [0, 0.05) is 5.02 Å². The zero-order valence-electron chi connectivity index (χ0n) is 10.6. The normalized spacial score (nSPS) is 18.6. The molecule has 98 valence electrons. The van der Waals surface area contributed by atoms with Crippen molar-refractivity contribution < 1.29 is 4.79 Å². The molecule has 0 aromatic heterocycles. The fourth-order valence-electron chi connectivity index (χ4n) is 2.69. The van der Waals surface area contributed by atoms with Crippen LogP contribution in [0.2, 0.25) is 5.02 Å². The third-order valence-corrected chi connectivity index (χ3v) is 4.56. The molecule has 0 heterocycles. The van der Waals surface area contributed by atoms with E-state index in [4.69, 9.17) is 23.2 Å². The smallest absolute Gasteiger partial charge is 0.228 e. The van der Waals surface area contributed by atoms with Crippen LogP contribution in [0.1, 0.15) is 62.0 Å². The number of carbonyl (C=O) groups is 1. The molecule has 1 nitrogen and oxygen atoms in total. The van der Waals surface area contributed by atoms with Gasteiger partial charge in [0.05, 0.1) is 5.92 Å². The molecule has 1 aliphatic carbocycles. The standard InChI is InChI=1S/C15H18Cl2O/c1-10(15(17)18)12-7-8-13(14(16)9-12)11-5-3-2-4-6-11/h7-11H,2-6H2,1H3. The van der Waals surface area contributed by atoms with Crippen LogP contribution >= 0.6 is 23.2 Å². The Kier molecular flexibility index (Phi) is 4.69. The van der Waals surface area contributed by atoms with Crippen LogP contribution in [0.3, 0.4) is 0 Å². The van der Waals surface area contributed by atoms with Gasteiger partial charge in [-0.25, -0.2) is 0 Å². The van der Waals surface area contributed by atoms with Crippen LogP contribution in [0.4, 0.5) is 0 Å². The van der Waals surface area contributed by atoms with Gasteiger partial charge < -0.3 is 0 Å². The number of carbonyl (C=O) groups excluding carboxylic acids is 1. The second-order valence-corrected chi connectivity index (χ2v) is 5.92. The maximum Gasteiger partial charge on any atom is 0.228 e. The summed E-state index contributed by atoms with van der Waals surface area (Å²) in [6.45, 7) is 1.81. The number of benzene rings is 1. The molecule has 18 heavy (non-hydrogen) atoms. The number of hydrogen-bond acceptors (Lipinski definition) is 1. The Balaban J connectivity index is 2.21. The molecule has 0 radical (unpaired) electrons. The van der Waals surface area contributed by atoms with Crippen molar-refractivity contribution in [3.63, 3.8) is 0 Å². The third kappa shape index (κ3) is 3.07. The van der Waals surface area contributed by atoms with Crippen LogP contribution in [-0.4, -0.2) is 5.24 Å². The second-order valence-electron chi connectivity index (χ2n) is 5.14. The zero-order valence-corrected chi connectivity index (χ0v) is 12.1. The Bertz CT molecular complexity index is 436. The molecule has 3 heteroatoms. The molecule has 2 rings (SSSR count). The Morgan fingerprint density at radius 1 is 1.28 bits per heavy atom. The molecule has 0 spiro atoms. The molecule has 1 aliphatic rings. The molecular weight excluding hydrogens is 267 g/mol.